The monoisotopic (exact) mass is 573 g/mol. The van der Waals surface area contributed by atoms with E-state index in [0.717, 1.165) is 27.4 Å². The van der Waals surface area contributed by atoms with Gasteiger partial charge in [0.05, 0.1) is 17.1 Å². The third-order valence-electron chi connectivity index (χ3n) is 6.44. The molecule has 38 heavy (non-hydrogen) atoms. The molecule has 0 fully saturated rings. The molecule has 0 bridgehead atoms. The summed E-state index contributed by atoms with van der Waals surface area (Å²) in [4.78, 5) is 30.9. The van der Waals surface area contributed by atoms with Gasteiger partial charge >= 0.3 is 0 Å². The lowest BCUT2D eigenvalue weighted by Gasteiger charge is -2.13. The van der Waals surface area contributed by atoms with Gasteiger partial charge in [-0.1, -0.05) is 54.0 Å². The van der Waals surface area contributed by atoms with Crippen LogP contribution in [0.5, 0.6) is 0 Å². The molecular formula is C29H25BrFN5O2. The Balaban J connectivity index is 1.53. The Morgan fingerprint density at radius 1 is 1.13 bits per heavy atom. The fourth-order valence-electron chi connectivity index (χ4n) is 4.33. The van der Waals surface area contributed by atoms with Crippen molar-refractivity contribution in [2.75, 3.05) is 5.32 Å². The molecule has 3 aromatic carbocycles. The van der Waals surface area contributed by atoms with Crippen molar-refractivity contribution in [3.8, 4) is 0 Å². The summed E-state index contributed by atoms with van der Waals surface area (Å²) in [5, 5.41) is 8.67. The van der Waals surface area contributed by atoms with Crippen molar-refractivity contribution in [3.63, 3.8) is 0 Å². The number of fused-ring (bicyclic) bond motifs is 2. The van der Waals surface area contributed by atoms with Crippen LogP contribution in [-0.4, -0.2) is 26.3 Å². The van der Waals surface area contributed by atoms with Crippen molar-refractivity contribution in [2.24, 2.45) is 5.10 Å². The zero-order valence-electron chi connectivity index (χ0n) is 20.9. The number of halogens is 2. The maximum absolute atomic E-state index is 13.5. The summed E-state index contributed by atoms with van der Waals surface area (Å²) in [6.45, 7) is 4.08. The molecule has 5 aromatic rings. The van der Waals surface area contributed by atoms with Crippen LogP contribution in [0.1, 0.15) is 37.6 Å². The molecule has 9 heteroatoms. The first-order valence-electron chi connectivity index (χ1n) is 12.2. The fourth-order valence-corrected chi connectivity index (χ4v) is 4.69. The van der Waals surface area contributed by atoms with Crippen molar-refractivity contribution in [1.82, 2.24) is 14.2 Å². The Hall–Kier alpha value is -4.11. The maximum Gasteiger partial charge on any atom is 0.282 e. The molecule has 0 unspecified atom stereocenters. The van der Waals surface area contributed by atoms with Gasteiger partial charge in [0.25, 0.3) is 5.56 Å². The van der Waals surface area contributed by atoms with Crippen molar-refractivity contribution in [2.45, 2.75) is 32.7 Å². The fraction of sp³-hybridized carbons (Fsp3) is 0.172. The number of nitrogens with one attached hydrogen (secondary N) is 1. The highest BCUT2D eigenvalue weighted by Gasteiger charge is 2.16. The molecule has 1 atom stereocenters. The van der Waals surface area contributed by atoms with Gasteiger partial charge in [0, 0.05) is 38.7 Å². The molecule has 0 saturated carbocycles. The maximum atomic E-state index is 13.5. The van der Waals surface area contributed by atoms with E-state index in [2.05, 4.69) is 26.3 Å². The quantitative estimate of drug-likeness (QED) is 0.232. The van der Waals surface area contributed by atoms with E-state index in [0.29, 0.717) is 22.4 Å². The second-order valence-electron chi connectivity index (χ2n) is 9.09. The molecule has 0 aliphatic carbocycles. The second kappa shape index (κ2) is 10.7. The lowest BCUT2D eigenvalue weighted by Crippen LogP contribution is -2.23. The first kappa shape index (κ1) is 25.5. The Morgan fingerprint density at radius 2 is 1.95 bits per heavy atom. The van der Waals surface area contributed by atoms with Crippen LogP contribution < -0.4 is 10.9 Å². The van der Waals surface area contributed by atoms with Gasteiger partial charge in [0.1, 0.15) is 18.2 Å². The van der Waals surface area contributed by atoms with Gasteiger partial charge in [0.2, 0.25) is 5.91 Å². The molecule has 2 heterocycles. The molecule has 0 spiro atoms. The topological polar surface area (TPSA) is 81.3 Å². The van der Waals surface area contributed by atoms with E-state index in [-0.39, 0.29) is 23.9 Å². The smallest absolute Gasteiger partial charge is 0.282 e. The van der Waals surface area contributed by atoms with Crippen molar-refractivity contribution in [3.05, 3.63) is 105 Å². The average molecular weight is 574 g/mol. The van der Waals surface area contributed by atoms with E-state index in [1.165, 1.54) is 16.8 Å². The van der Waals surface area contributed by atoms with E-state index in [9.17, 15) is 14.0 Å². The Bertz CT molecular complexity index is 1760. The van der Waals surface area contributed by atoms with Crippen LogP contribution in [0.25, 0.3) is 21.8 Å². The normalized spacial score (nSPS) is 12.4. The molecule has 0 aliphatic rings. The SMILES string of the molecule is CC[C@H](C)c1nc2ccc(Br)cc2c(=O)n1N=Cc1cn(CC(=O)Nc2cccc(F)c2)c2ccccc12. The molecule has 1 N–H and O–H groups in total. The van der Waals surface area contributed by atoms with Crippen LogP contribution in [0, 0.1) is 5.82 Å². The number of amides is 1. The Labute approximate surface area is 226 Å². The molecule has 7 nitrogen and oxygen atoms in total. The first-order valence-corrected chi connectivity index (χ1v) is 13.0. The van der Waals surface area contributed by atoms with Crippen LogP contribution in [0.4, 0.5) is 10.1 Å². The summed E-state index contributed by atoms with van der Waals surface area (Å²) in [7, 11) is 0. The third-order valence-corrected chi connectivity index (χ3v) is 6.93. The predicted molar refractivity (Wildman–Crippen MR) is 152 cm³/mol. The van der Waals surface area contributed by atoms with Gasteiger partial charge < -0.3 is 9.88 Å². The number of rotatable bonds is 7. The first-order chi connectivity index (χ1) is 18.3. The minimum Gasteiger partial charge on any atom is -0.337 e. The predicted octanol–water partition coefficient (Wildman–Crippen LogP) is 6.29. The highest BCUT2D eigenvalue weighted by Crippen LogP contribution is 2.23. The molecule has 2 aromatic heterocycles. The Morgan fingerprint density at radius 3 is 2.74 bits per heavy atom. The lowest BCUT2D eigenvalue weighted by molar-refractivity contribution is -0.116. The lowest BCUT2D eigenvalue weighted by atomic mass is 10.1. The summed E-state index contributed by atoms with van der Waals surface area (Å²) < 4.78 is 17.5. The zero-order valence-corrected chi connectivity index (χ0v) is 22.4. The number of para-hydroxylation sites is 1. The number of aromatic nitrogens is 3. The number of hydrogen-bond acceptors (Lipinski definition) is 4. The minimum absolute atomic E-state index is 0.0146. The number of hydrogen-bond donors (Lipinski definition) is 1. The number of carbonyl (C=O) groups excluding carboxylic acids is 1. The number of nitrogens with zero attached hydrogens (tertiary/aromatic N) is 4. The summed E-state index contributed by atoms with van der Waals surface area (Å²) >= 11 is 3.43. The number of benzene rings is 3. The van der Waals surface area contributed by atoms with Gasteiger partial charge in [0.15, 0.2) is 0 Å². The summed E-state index contributed by atoms with van der Waals surface area (Å²) in [6, 6.07) is 18.8. The third kappa shape index (κ3) is 5.15. The standard InChI is InChI=1S/C29H25BrFN5O2/c1-3-18(2)28-34-25-12-11-20(30)13-24(25)29(38)36(28)32-15-19-16-35(26-10-5-4-9-23(19)26)17-27(37)33-22-8-6-7-21(31)14-22/h4-16,18H,3,17H2,1-2H3,(H,33,37)/t18-/m0/s1. The van der Waals surface area contributed by atoms with E-state index in [1.54, 1.807) is 29.0 Å². The average Bonchev–Trinajstić information content (AvgIpc) is 3.25. The van der Waals surface area contributed by atoms with Crippen LogP contribution >= 0.6 is 15.9 Å². The molecule has 1 amide bonds. The van der Waals surface area contributed by atoms with Gasteiger partial charge in [-0.15, -0.1) is 0 Å². The van der Waals surface area contributed by atoms with Crippen molar-refractivity contribution in [1.29, 1.82) is 0 Å². The summed E-state index contributed by atoms with van der Waals surface area (Å²) in [5.74, 6) is -0.114. The van der Waals surface area contributed by atoms with Crippen LogP contribution in [0.3, 0.4) is 0 Å². The molecule has 192 valence electrons. The summed E-state index contributed by atoms with van der Waals surface area (Å²) in [6.07, 6.45) is 4.24. The molecule has 0 radical (unpaired) electrons. The van der Waals surface area contributed by atoms with Crippen LogP contribution in [0.15, 0.2) is 87.3 Å². The number of carbonyl (C=O) groups is 1. The van der Waals surface area contributed by atoms with E-state index in [1.807, 2.05) is 56.4 Å². The van der Waals surface area contributed by atoms with Gasteiger partial charge in [-0.25, -0.2) is 9.37 Å². The van der Waals surface area contributed by atoms with Crippen LogP contribution in [-0.2, 0) is 11.3 Å². The highest BCUT2D eigenvalue weighted by atomic mass is 79.9. The minimum atomic E-state index is -0.421. The highest BCUT2D eigenvalue weighted by molar-refractivity contribution is 9.10. The largest absolute Gasteiger partial charge is 0.337 e. The Kier molecular flexibility index (Phi) is 7.20. The second-order valence-corrected chi connectivity index (χ2v) is 10.0. The van der Waals surface area contributed by atoms with E-state index in [4.69, 9.17) is 4.98 Å². The van der Waals surface area contributed by atoms with Crippen molar-refractivity contribution >= 4 is 55.5 Å². The molecule has 0 saturated heterocycles. The summed E-state index contributed by atoms with van der Waals surface area (Å²) in [5.41, 5.74) is 2.34. The zero-order chi connectivity index (χ0) is 26.8. The van der Waals surface area contributed by atoms with Crippen LogP contribution in [0.2, 0.25) is 0 Å². The molecular weight excluding hydrogens is 549 g/mol. The van der Waals surface area contributed by atoms with E-state index >= 15 is 0 Å². The van der Waals surface area contributed by atoms with E-state index < -0.39 is 5.82 Å². The van der Waals surface area contributed by atoms with Gasteiger partial charge in [-0.05, 0) is 48.9 Å². The van der Waals surface area contributed by atoms with Gasteiger partial charge in [-0.2, -0.15) is 9.78 Å². The molecule has 5 rings (SSSR count). The molecule has 0 aliphatic heterocycles. The van der Waals surface area contributed by atoms with Crippen molar-refractivity contribution < 1.29 is 9.18 Å². The van der Waals surface area contributed by atoms with Gasteiger partial charge in [-0.3, -0.25) is 9.59 Å². The number of anilines is 1.